The number of likely N-dealkylation sites (N-methyl/N-ethyl adjacent to an activating group) is 1. The van der Waals surface area contributed by atoms with Gasteiger partial charge in [0.15, 0.2) is 19.7 Å². The van der Waals surface area contributed by atoms with Crippen molar-refractivity contribution in [1.29, 1.82) is 0 Å². The summed E-state index contributed by atoms with van der Waals surface area (Å²) >= 11 is 0. The van der Waals surface area contributed by atoms with Gasteiger partial charge in [0.05, 0.1) is 15.5 Å². The molecule has 2 aliphatic rings. The van der Waals surface area contributed by atoms with E-state index in [4.69, 9.17) is 0 Å². The monoisotopic (exact) mass is 476 g/mol. The highest BCUT2D eigenvalue weighted by molar-refractivity contribution is 7.96. The van der Waals surface area contributed by atoms with Crippen LogP contribution in [-0.2, 0) is 19.7 Å². The number of rotatable bonds is 6. The third-order valence-corrected chi connectivity index (χ3v) is 10.4. The Bertz CT molecular complexity index is 1200. The van der Waals surface area contributed by atoms with Crippen molar-refractivity contribution in [3.63, 3.8) is 0 Å². The minimum atomic E-state index is -3.99. The topological polar surface area (TPSA) is 91.8 Å². The first kappa shape index (κ1) is 22.9. The molecule has 2 aromatic rings. The van der Waals surface area contributed by atoms with Gasteiger partial charge in [-0.2, -0.15) is 0 Å². The van der Waals surface area contributed by atoms with Crippen molar-refractivity contribution in [3.8, 4) is 0 Å². The zero-order valence-electron chi connectivity index (χ0n) is 18.1. The molecule has 32 heavy (non-hydrogen) atoms. The molecule has 0 N–H and O–H groups in total. The average Bonchev–Trinajstić information content (AvgIpc) is 3.10. The van der Waals surface area contributed by atoms with Crippen molar-refractivity contribution >= 4 is 25.6 Å². The number of sulfone groups is 2. The Labute approximate surface area is 189 Å². The lowest BCUT2D eigenvalue weighted by molar-refractivity contribution is 0.0771. The number of carbonyl (C=O) groups excluding carboxylic acids is 1. The van der Waals surface area contributed by atoms with Crippen LogP contribution >= 0.6 is 0 Å². The number of piperidine rings is 1. The summed E-state index contributed by atoms with van der Waals surface area (Å²) in [5.74, 6) is -0.911. The molecule has 2 heterocycles. The number of hydrogen-bond acceptors (Lipinski definition) is 6. The Kier molecular flexibility index (Phi) is 6.42. The quantitative estimate of drug-likeness (QED) is 0.636. The van der Waals surface area contributed by atoms with E-state index < -0.39 is 30.7 Å². The molecule has 2 aromatic carbocycles. The molecule has 0 spiro atoms. The third kappa shape index (κ3) is 4.33. The second-order valence-electron chi connectivity index (χ2n) is 8.47. The van der Waals surface area contributed by atoms with Gasteiger partial charge in [-0.1, -0.05) is 30.7 Å². The van der Waals surface area contributed by atoms with Crippen LogP contribution < -0.4 is 0 Å². The molecular weight excluding hydrogens is 448 g/mol. The van der Waals surface area contributed by atoms with Gasteiger partial charge < -0.3 is 9.80 Å². The standard InChI is InChI=1S/C23H28N2O5S2/c1-24(15-16-25-13-6-3-7-14-25)23(26)19-11-8-12-20-22(19)21(17-31(20,27)28)32(29,30)18-9-4-2-5-10-18/h2,4-5,8-12,21H,3,6-7,13-17H2,1H3. The molecule has 0 aromatic heterocycles. The second-order valence-corrected chi connectivity index (χ2v) is 12.6. The lowest BCUT2D eigenvalue weighted by Crippen LogP contribution is -2.39. The van der Waals surface area contributed by atoms with E-state index in [-0.39, 0.29) is 26.8 Å². The first-order valence-corrected chi connectivity index (χ1v) is 14.0. The normalized spacial score (nSPS) is 20.6. The summed E-state index contributed by atoms with van der Waals surface area (Å²) in [6, 6.07) is 12.3. The van der Waals surface area contributed by atoms with Gasteiger partial charge in [-0.3, -0.25) is 4.79 Å². The van der Waals surface area contributed by atoms with E-state index in [1.807, 2.05) is 0 Å². The summed E-state index contributed by atoms with van der Waals surface area (Å²) in [5.41, 5.74) is 0.250. The highest BCUT2D eigenvalue weighted by atomic mass is 32.2. The number of hydrogen-bond donors (Lipinski definition) is 0. The molecule has 1 amide bonds. The van der Waals surface area contributed by atoms with Crippen LogP contribution in [-0.4, -0.2) is 71.5 Å². The number of amides is 1. The molecule has 2 aliphatic heterocycles. The fraction of sp³-hybridized carbons (Fsp3) is 0.435. The lowest BCUT2D eigenvalue weighted by atomic mass is 10.0. The Morgan fingerprint density at radius 2 is 1.72 bits per heavy atom. The van der Waals surface area contributed by atoms with Crippen molar-refractivity contribution in [1.82, 2.24) is 9.80 Å². The summed E-state index contributed by atoms with van der Waals surface area (Å²) in [6.45, 7) is 3.25. The van der Waals surface area contributed by atoms with Crippen molar-refractivity contribution in [3.05, 3.63) is 59.7 Å². The predicted molar refractivity (Wildman–Crippen MR) is 122 cm³/mol. The van der Waals surface area contributed by atoms with Crippen molar-refractivity contribution in [2.75, 3.05) is 39.0 Å². The maximum absolute atomic E-state index is 13.4. The summed E-state index contributed by atoms with van der Waals surface area (Å²) in [4.78, 5) is 17.2. The van der Waals surface area contributed by atoms with Crippen LogP contribution in [0.5, 0.6) is 0 Å². The van der Waals surface area contributed by atoms with Gasteiger partial charge in [0.2, 0.25) is 0 Å². The summed E-state index contributed by atoms with van der Waals surface area (Å²) < 4.78 is 52.4. The van der Waals surface area contributed by atoms with E-state index in [1.165, 1.54) is 36.8 Å². The van der Waals surface area contributed by atoms with Crippen LogP contribution in [0.25, 0.3) is 0 Å². The Hall–Kier alpha value is -2.23. The molecule has 1 fully saturated rings. The molecule has 0 bridgehead atoms. The Balaban J connectivity index is 1.67. The van der Waals surface area contributed by atoms with Gasteiger partial charge in [0, 0.05) is 31.3 Å². The van der Waals surface area contributed by atoms with Crippen LogP contribution in [0, 0.1) is 0 Å². The molecule has 1 atom stereocenters. The number of fused-ring (bicyclic) bond motifs is 1. The zero-order valence-corrected chi connectivity index (χ0v) is 19.7. The molecule has 0 radical (unpaired) electrons. The van der Waals surface area contributed by atoms with E-state index in [0.29, 0.717) is 6.54 Å². The number of benzene rings is 2. The largest absolute Gasteiger partial charge is 0.340 e. The molecule has 7 nitrogen and oxygen atoms in total. The maximum Gasteiger partial charge on any atom is 0.254 e. The SMILES string of the molecule is CN(CCN1CCCCC1)C(=O)c1cccc2c1C(S(=O)(=O)c1ccccc1)CS2(=O)=O. The van der Waals surface area contributed by atoms with E-state index in [1.54, 1.807) is 30.1 Å². The van der Waals surface area contributed by atoms with E-state index in [2.05, 4.69) is 4.90 Å². The van der Waals surface area contributed by atoms with Gasteiger partial charge in [-0.15, -0.1) is 0 Å². The third-order valence-electron chi connectivity index (χ3n) is 6.32. The van der Waals surface area contributed by atoms with Gasteiger partial charge >= 0.3 is 0 Å². The average molecular weight is 477 g/mol. The molecule has 4 rings (SSSR count). The molecule has 1 saturated heterocycles. The first-order valence-electron chi connectivity index (χ1n) is 10.8. The smallest absolute Gasteiger partial charge is 0.254 e. The van der Waals surface area contributed by atoms with Crippen molar-refractivity contribution in [2.24, 2.45) is 0 Å². The zero-order chi connectivity index (χ0) is 22.9. The summed E-state index contributed by atoms with van der Waals surface area (Å²) in [6.07, 6.45) is 3.54. The molecule has 0 saturated carbocycles. The van der Waals surface area contributed by atoms with Crippen molar-refractivity contribution < 1.29 is 21.6 Å². The predicted octanol–water partition coefficient (Wildman–Crippen LogP) is 2.55. The van der Waals surface area contributed by atoms with Crippen LogP contribution in [0.2, 0.25) is 0 Å². The fourth-order valence-corrected chi connectivity index (χ4v) is 8.88. The number of carbonyl (C=O) groups is 1. The van der Waals surface area contributed by atoms with Crippen LogP contribution in [0.15, 0.2) is 58.3 Å². The minimum absolute atomic E-state index is 0.0498. The van der Waals surface area contributed by atoms with E-state index in [9.17, 15) is 21.6 Å². The fourth-order valence-electron chi connectivity index (χ4n) is 4.51. The highest BCUT2D eigenvalue weighted by Crippen LogP contribution is 2.43. The van der Waals surface area contributed by atoms with Gasteiger partial charge in [0.25, 0.3) is 5.91 Å². The second kappa shape index (κ2) is 8.96. The first-order chi connectivity index (χ1) is 15.2. The van der Waals surface area contributed by atoms with Crippen LogP contribution in [0.4, 0.5) is 0 Å². The molecular formula is C23H28N2O5S2. The Morgan fingerprint density at radius 3 is 2.41 bits per heavy atom. The van der Waals surface area contributed by atoms with E-state index >= 15 is 0 Å². The summed E-state index contributed by atoms with van der Waals surface area (Å²) in [5, 5.41) is -1.31. The molecule has 9 heteroatoms. The highest BCUT2D eigenvalue weighted by Gasteiger charge is 2.45. The van der Waals surface area contributed by atoms with Gasteiger partial charge in [-0.25, -0.2) is 16.8 Å². The number of nitrogens with zero attached hydrogens (tertiary/aromatic N) is 2. The minimum Gasteiger partial charge on any atom is -0.340 e. The van der Waals surface area contributed by atoms with E-state index in [0.717, 1.165) is 32.5 Å². The van der Waals surface area contributed by atoms with Crippen LogP contribution in [0.3, 0.4) is 0 Å². The number of likely N-dealkylation sites (tertiary alicyclic amines) is 1. The maximum atomic E-state index is 13.4. The Morgan fingerprint density at radius 1 is 1.03 bits per heavy atom. The van der Waals surface area contributed by atoms with Gasteiger partial charge in [-0.05, 0) is 50.2 Å². The molecule has 172 valence electrons. The molecule has 1 unspecified atom stereocenters. The summed E-state index contributed by atoms with van der Waals surface area (Å²) in [7, 11) is -6.13. The lowest BCUT2D eigenvalue weighted by Gasteiger charge is -2.29. The van der Waals surface area contributed by atoms with Crippen molar-refractivity contribution in [2.45, 2.75) is 34.3 Å². The van der Waals surface area contributed by atoms with Gasteiger partial charge in [0.1, 0.15) is 5.25 Å². The molecule has 0 aliphatic carbocycles. The van der Waals surface area contributed by atoms with Crippen LogP contribution in [0.1, 0.15) is 40.4 Å².